The molecule has 1 atom stereocenters. The second kappa shape index (κ2) is 54.0. The van der Waals surface area contributed by atoms with E-state index in [0.29, 0.717) is 19.3 Å². The number of rotatable bonds is 51. The Morgan fingerprint density at radius 2 is 0.554 bits per heavy atom. The van der Waals surface area contributed by atoms with E-state index in [4.69, 9.17) is 14.2 Å². The Kier molecular flexibility index (Phi) is 51.8. The fourth-order valence-electron chi connectivity index (χ4n) is 8.03. The first-order valence-corrected chi connectivity index (χ1v) is 28.1. The highest BCUT2D eigenvalue weighted by molar-refractivity contribution is 5.71. The van der Waals surface area contributed by atoms with Crippen molar-refractivity contribution in [1.29, 1.82) is 0 Å². The molecule has 0 fully saturated rings. The predicted molar refractivity (Wildman–Crippen MR) is 279 cm³/mol. The highest BCUT2D eigenvalue weighted by atomic mass is 16.6. The lowest BCUT2D eigenvalue weighted by Gasteiger charge is -2.18. The zero-order valence-corrected chi connectivity index (χ0v) is 43.3. The minimum atomic E-state index is -0.779. The Morgan fingerprint density at radius 1 is 0.308 bits per heavy atom. The maximum absolute atomic E-state index is 12.8. The first kappa shape index (κ1) is 62.4. The van der Waals surface area contributed by atoms with Gasteiger partial charge in [0.15, 0.2) is 6.10 Å². The quantitative estimate of drug-likeness (QED) is 0.0262. The molecule has 0 unspecified atom stereocenters. The van der Waals surface area contributed by atoms with E-state index in [1.54, 1.807) is 0 Å². The van der Waals surface area contributed by atoms with Crippen molar-refractivity contribution in [3.05, 3.63) is 48.6 Å². The number of allylic oxidation sites excluding steroid dienone is 8. The average Bonchev–Trinajstić information content (AvgIpc) is 3.30. The Balaban J connectivity index is 4.38. The summed E-state index contributed by atoms with van der Waals surface area (Å²) in [7, 11) is 0. The maximum atomic E-state index is 12.8. The van der Waals surface area contributed by atoms with Crippen LogP contribution < -0.4 is 0 Å². The van der Waals surface area contributed by atoms with Gasteiger partial charge >= 0.3 is 17.9 Å². The van der Waals surface area contributed by atoms with Crippen LogP contribution in [0.25, 0.3) is 0 Å². The monoisotopic (exact) mass is 911 g/mol. The summed E-state index contributed by atoms with van der Waals surface area (Å²) in [6.45, 7) is 6.60. The largest absolute Gasteiger partial charge is 0.462 e. The van der Waals surface area contributed by atoms with Crippen LogP contribution in [-0.4, -0.2) is 37.2 Å². The summed E-state index contributed by atoms with van der Waals surface area (Å²) in [6.07, 6.45) is 65.2. The van der Waals surface area contributed by atoms with E-state index < -0.39 is 6.10 Å². The smallest absolute Gasteiger partial charge is 0.306 e. The molecule has 0 aromatic heterocycles. The number of hydrogen-bond donors (Lipinski definition) is 0. The SMILES string of the molecule is CCCCC/C=C\C/C=C\CCCCCCCCCC(=O)OC[C@H](COC(=O)CCCCCCC/C=C\C/C=C\CCCCC)OC(=O)CCCCCCCCCCCCCCCCC. The lowest BCUT2D eigenvalue weighted by molar-refractivity contribution is -0.167. The second-order valence-corrected chi connectivity index (χ2v) is 18.8. The van der Waals surface area contributed by atoms with Crippen molar-refractivity contribution in [2.45, 2.75) is 297 Å². The molecular formula is C59H106O6. The Hall–Kier alpha value is -2.63. The topological polar surface area (TPSA) is 78.9 Å². The van der Waals surface area contributed by atoms with Crippen LogP contribution in [0.4, 0.5) is 0 Å². The number of carbonyl (C=O) groups excluding carboxylic acids is 3. The number of esters is 3. The molecule has 0 aromatic rings. The summed E-state index contributed by atoms with van der Waals surface area (Å²) in [6, 6.07) is 0. The molecule has 0 aliphatic carbocycles. The van der Waals surface area contributed by atoms with Crippen LogP contribution in [0.15, 0.2) is 48.6 Å². The number of carbonyl (C=O) groups is 3. The van der Waals surface area contributed by atoms with Gasteiger partial charge in [-0.1, -0.05) is 236 Å². The predicted octanol–water partition coefficient (Wildman–Crippen LogP) is 18.7. The molecule has 0 aliphatic heterocycles. The lowest BCUT2D eigenvalue weighted by atomic mass is 10.0. The van der Waals surface area contributed by atoms with Gasteiger partial charge in [0.05, 0.1) is 0 Å². The molecule has 0 saturated heterocycles. The summed E-state index contributed by atoms with van der Waals surface area (Å²) in [4.78, 5) is 38.1. The normalized spacial score (nSPS) is 12.4. The third-order valence-electron chi connectivity index (χ3n) is 12.3. The van der Waals surface area contributed by atoms with Gasteiger partial charge in [-0.2, -0.15) is 0 Å². The Labute approximate surface area is 403 Å². The molecule has 65 heavy (non-hydrogen) atoms. The molecule has 0 amide bonds. The highest BCUT2D eigenvalue weighted by Crippen LogP contribution is 2.16. The van der Waals surface area contributed by atoms with Gasteiger partial charge in [-0.05, 0) is 83.5 Å². The van der Waals surface area contributed by atoms with Gasteiger partial charge < -0.3 is 14.2 Å². The van der Waals surface area contributed by atoms with Crippen LogP contribution in [0.3, 0.4) is 0 Å². The third kappa shape index (κ3) is 52.2. The fourth-order valence-corrected chi connectivity index (χ4v) is 8.03. The molecule has 0 rings (SSSR count). The molecular weight excluding hydrogens is 805 g/mol. The van der Waals surface area contributed by atoms with E-state index in [1.807, 2.05) is 0 Å². The van der Waals surface area contributed by atoms with Crippen molar-refractivity contribution in [2.75, 3.05) is 13.2 Å². The van der Waals surface area contributed by atoms with Crippen LogP contribution in [0.5, 0.6) is 0 Å². The van der Waals surface area contributed by atoms with Crippen molar-refractivity contribution in [1.82, 2.24) is 0 Å². The molecule has 0 aromatic carbocycles. The molecule has 0 spiro atoms. The van der Waals surface area contributed by atoms with E-state index >= 15 is 0 Å². The molecule has 0 bridgehead atoms. The van der Waals surface area contributed by atoms with Gasteiger partial charge in [-0.15, -0.1) is 0 Å². The fraction of sp³-hybridized carbons (Fsp3) is 0.814. The maximum Gasteiger partial charge on any atom is 0.306 e. The van der Waals surface area contributed by atoms with Gasteiger partial charge in [0.1, 0.15) is 13.2 Å². The van der Waals surface area contributed by atoms with E-state index in [-0.39, 0.29) is 31.1 Å². The van der Waals surface area contributed by atoms with Crippen LogP contribution >= 0.6 is 0 Å². The molecule has 0 heterocycles. The van der Waals surface area contributed by atoms with Crippen LogP contribution in [0, 0.1) is 0 Å². The van der Waals surface area contributed by atoms with Crippen molar-refractivity contribution >= 4 is 17.9 Å². The first-order valence-electron chi connectivity index (χ1n) is 28.1. The number of ether oxygens (including phenoxy) is 3. The molecule has 0 saturated carbocycles. The lowest BCUT2D eigenvalue weighted by Crippen LogP contribution is -2.30. The third-order valence-corrected chi connectivity index (χ3v) is 12.3. The van der Waals surface area contributed by atoms with Gasteiger partial charge in [0.25, 0.3) is 0 Å². The molecule has 378 valence electrons. The minimum absolute atomic E-state index is 0.0793. The molecule has 6 heteroatoms. The number of unbranched alkanes of at least 4 members (excludes halogenated alkanes) is 32. The van der Waals surface area contributed by atoms with Gasteiger partial charge in [-0.25, -0.2) is 0 Å². The van der Waals surface area contributed by atoms with Gasteiger partial charge in [-0.3, -0.25) is 14.4 Å². The van der Waals surface area contributed by atoms with Gasteiger partial charge in [0.2, 0.25) is 0 Å². The van der Waals surface area contributed by atoms with Crippen molar-refractivity contribution in [3.63, 3.8) is 0 Å². The molecule has 0 aliphatic rings. The average molecular weight is 911 g/mol. The van der Waals surface area contributed by atoms with E-state index in [9.17, 15) is 14.4 Å². The van der Waals surface area contributed by atoms with Crippen LogP contribution in [0.2, 0.25) is 0 Å². The van der Waals surface area contributed by atoms with Crippen LogP contribution in [0.1, 0.15) is 290 Å². The van der Waals surface area contributed by atoms with Crippen molar-refractivity contribution < 1.29 is 28.6 Å². The van der Waals surface area contributed by atoms with E-state index in [0.717, 1.165) is 89.9 Å². The Bertz CT molecular complexity index is 1140. The van der Waals surface area contributed by atoms with E-state index in [2.05, 4.69) is 69.4 Å². The summed E-state index contributed by atoms with van der Waals surface area (Å²) in [5.74, 6) is -0.887. The minimum Gasteiger partial charge on any atom is -0.462 e. The molecule has 0 radical (unpaired) electrons. The summed E-state index contributed by atoms with van der Waals surface area (Å²) >= 11 is 0. The van der Waals surface area contributed by atoms with Crippen molar-refractivity contribution in [2.24, 2.45) is 0 Å². The molecule has 0 N–H and O–H groups in total. The summed E-state index contributed by atoms with van der Waals surface area (Å²) in [5, 5.41) is 0. The highest BCUT2D eigenvalue weighted by Gasteiger charge is 2.19. The molecule has 6 nitrogen and oxygen atoms in total. The Morgan fingerprint density at radius 3 is 0.877 bits per heavy atom. The van der Waals surface area contributed by atoms with Crippen LogP contribution in [-0.2, 0) is 28.6 Å². The zero-order valence-electron chi connectivity index (χ0n) is 43.3. The standard InChI is InChI=1S/C59H106O6/c1-4-7-10-13-16-19-22-25-28-29-32-34-37-40-43-46-49-52-58(61)64-55-56(65-59(62)53-50-47-44-41-38-35-31-27-24-21-18-15-12-9-6-3)54-63-57(60)51-48-45-42-39-36-33-30-26-23-20-17-14-11-8-5-2/h16-17,19-20,25-26,28,30,56H,4-15,18,21-24,27,29,31-55H2,1-3H3/b19-16-,20-17-,28-25-,30-26-/t56-/m0/s1. The zero-order chi connectivity index (χ0) is 47.2. The summed E-state index contributed by atoms with van der Waals surface area (Å²) in [5.41, 5.74) is 0. The number of hydrogen-bond acceptors (Lipinski definition) is 6. The second-order valence-electron chi connectivity index (χ2n) is 18.8. The van der Waals surface area contributed by atoms with E-state index in [1.165, 1.54) is 161 Å². The summed E-state index contributed by atoms with van der Waals surface area (Å²) < 4.78 is 16.8. The van der Waals surface area contributed by atoms with Gasteiger partial charge in [0, 0.05) is 19.3 Å². The van der Waals surface area contributed by atoms with Crippen molar-refractivity contribution in [3.8, 4) is 0 Å². The first-order chi connectivity index (χ1) is 32.0.